The van der Waals surface area contributed by atoms with Gasteiger partial charge in [-0.2, -0.15) is 0 Å². The van der Waals surface area contributed by atoms with Gasteiger partial charge in [0.2, 0.25) is 0 Å². The second-order valence-electron chi connectivity index (χ2n) is 6.85. The number of ether oxygens (including phenoxy) is 1. The van der Waals surface area contributed by atoms with Crippen LogP contribution in [0.4, 0.5) is 0 Å². The van der Waals surface area contributed by atoms with Gasteiger partial charge in [0.1, 0.15) is 0 Å². The van der Waals surface area contributed by atoms with Crippen molar-refractivity contribution in [3.05, 3.63) is 35.4 Å². The second-order valence-corrected chi connectivity index (χ2v) is 6.85. The normalized spacial score (nSPS) is 16.7. The van der Waals surface area contributed by atoms with Crippen LogP contribution in [0.5, 0.6) is 0 Å². The fourth-order valence-corrected chi connectivity index (χ4v) is 3.14. The minimum absolute atomic E-state index is 0. The van der Waals surface area contributed by atoms with E-state index in [1.807, 2.05) is 0 Å². The lowest BCUT2D eigenvalue weighted by Gasteiger charge is -2.26. The van der Waals surface area contributed by atoms with Crippen LogP contribution in [-0.2, 0) is 17.8 Å². The number of benzene rings is 1. The summed E-state index contributed by atoms with van der Waals surface area (Å²) in [7, 11) is 1.72. The van der Waals surface area contributed by atoms with E-state index in [4.69, 9.17) is 4.74 Å². The summed E-state index contributed by atoms with van der Waals surface area (Å²) in [6.45, 7) is 9.91. The fourth-order valence-electron chi connectivity index (χ4n) is 3.14. The van der Waals surface area contributed by atoms with Gasteiger partial charge >= 0.3 is 0 Å². The Bertz CT molecular complexity index is 515. The molecule has 148 valence electrons. The molecule has 1 atom stereocenters. The Hall–Kier alpha value is -0.860. The maximum absolute atomic E-state index is 5.17. The summed E-state index contributed by atoms with van der Waals surface area (Å²) in [5.41, 5.74) is 2.63. The summed E-state index contributed by atoms with van der Waals surface area (Å²) in [5, 5.41) is 6.65. The van der Waals surface area contributed by atoms with Crippen LogP contribution >= 0.6 is 24.0 Å². The van der Waals surface area contributed by atoms with Gasteiger partial charge in [0.25, 0.3) is 0 Å². The smallest absolute Gasteiger partial charge is 0.191 e. The predicted octanol–water partition coefficient (Wildman–Crippen LogP) is 3.38. The summed E-state index contributed by atoms with van der Waals surface area (Å²) < 4.78 is 5.17. The van der Waals surface area contributed by atoms with Crippen molar-refractivity contribution in [3.8, 4) is 0 Å². The number of aliphatic imine (C=N–C) groups is 1. The van der Waals surface area contributed by atoms with Crippen molar-refractivity contribution in [3.63, 3.8) is 0 Å². The lowest BCUT2D eigenvalue weighted by atomic mass is 10.1. The molecule has 26 heavy (non-hydrogen) atoms. The van der Waals surface area contributed by atoms with Crippen molar-refractivity contribution in [2.75, 3.05) is 33.4 Å². The van der Waals surface area contributed by atoms with Crippen LogP contribution in [0.1, 0.15) is 44.2 Å². The number of guanidine groups is 1. The Morgan fingerprint density at radius 1 is 1.15 bits per heavy atom. The number of methoxy groups -OCH3 is 1. The van der Waals surface area contributed by atoms with Crippen molar-refractivity contribution in [2.45, 2.75) is 52.2 Å². The minimum atomic E-state index is 0. The Morgan fingerprint density at radius 3 is 2.42 bits per heavy atom. The second kappa shape index (κ2) is 13.3. The monoisotopic (exact) mass is 474 g/mol. The zero-order valence-electron chi connectivity index (χ0n) is 16.5. The van der Waals surface area contributed by atoms with Crippen LogP contribution in [0.3, 0.4) is 0 Å². The van der Waals surface area contributed by atoms with Crippen LogP contribution < -0.4 is 10.6 Å². The SMILES string of the molecule is CCNC(=NCc1ccc(CN2CCCCC2)cc1)NC(C)COC.I. The Labute approximate surface area is 176 Å². The third-order valence-electron chi connectivity index (χ3n) is 4.44. The number of halogens is 1. The van der Waals surface area contributed by atoms with Crippen LogP contribution in [0, 0.1) is 0 Å². The van der Waals surface area contributed by atoms with Crippen LogP contribution in [0.25, 0.3) is 0 Å². The first kappa shape index (κ1) is 23.2. The van der Waals surface area contributed by atoms with E-state index in [9.17, 15) is 0 Å². The lowest BCUT2D eigenvalue weighted by Crippen LogP contribution is -2.43. The molecule has 2 N–H and O–H groups in total. The van der Waals surface area contributed by atoms with Crippen LogP contribution in [0.15, 0.2) is 29.3 Å². The molecule has 1 heterocycles. The average molecular weight is 474 g/mol. The van der Waals surface area contributed by atoms with E-state index in [0.29, 0.717) is 13.2 Å². The summed E-state index contributed by atoms with van der Waals surface area (Å²) in [5.74, 6) is 0.837. The van der Waals surface area contributed by atoms with Crippen molar-refractivity contribution in [1.29, 1.82) is 0 Å². The third-order valence-corrected chi connectivity index (χ3v) is 4.44. The number of likely N-dealkylation sites (tertiary alicyclic amines) is 1. The van der Waals surface area contributed by atoms with E-state index in [0.717, 1.165) is 19.0 Å². The molecule has 1 unspecified atom stereocenters. The molecule has 6 heteroatoms. The maximum Gasteiger partial charge on any atom is 0.191 e. The molecular formula is C20H35IN4O. The molecule has 0 aromatic heterocycles. The number of piperidine rings is 1. The largest absolute Gasteiger partial charge is 0.383 e. The van der Waals surface area contributed by atoms with Gasteiger partial charge in [0, 0.05) is 26.2 Å². The molecule has 1 aliphatic rings. The molecule has 0 bridgehead atoms. The van der Waals surface area contributed by atoms with Gasteiger partial charge < -0.3 is 15.4 Å². The minimum Gasteiger partial charge on any atom is -0.383 e. The lowest BCUT2D eigenvalue weighted by molar-refractivity contribution is 0.179. The molecule has 1 aromatic rings. The van der Waals surface area contributed by atoms with Gasteiger partial charge in [-0.15, -0.1) is 24.0 Å². The average Bonchev–Trinajstić information content (AvgIpc) is 2.62. The van der Waals surface area contributed by atoms with E-state index >= 15 is 0 Å². The van der Waals surface area contributed by atoms with Gasteiger partial charge in [-0.25, -0.2) is 4.99 Å². The fraction of sp³-hybridized carbons (Fsp3) is 0.650. The van der Waals surface area contributed by atoms with Gasteiger partial charge in [0.15, 0.2) is 5.96 Å². The summed E-state index contributed by atoms with van der Waals surface area (Å²) >= 11 is 0. The van der Waals surface area contributed by atoms with Gasteiger partial charge in [-0.1, -0.05) is 30.7 Å². The molecule has 0 saturated carbocycles. The Morgan fingerprint density at radius 2 is 1.81 bits per heavy atom. The molecule has 1 saturated heterocycles. The summed E-state index contributed by atoms with van der Waals surface area (Å²) in [6.07, 6.45) is 4.07. The van der Waals surface area contributed by atoms with E-state index in [2.05, 4.69) is 58.6 Å². The number of nitrogens with one attached hydrogen (secondary N) is 2. The first-order valence-electron chi connectivity index (χ1n) is 9.55. The van der Waals surface area contributed by atoms with Crippen LogP contribution in [-0.4, -0.2) is 50.3 Å². The highest BCUT2D eigenvalue weighted by atomic mass is 127. The molecule has 0 spiro atoms. The molecular weight excluding hydrogens is 439 g/mol. The molecule has 1 aromatic carbocycles. The molecule has 0 radical (unpaired) electrons. The number of hydrogen-bond donors (Lipinski definition) is 2. The van der Waals surface area contributed by atoms with Crippen molar-refractivity contribution in [1.82, 2.24) is 15.5 Å². The van der Waals surface area contributed by atoms with Crippen molar-refractivity contribution in [2.24, 2.45) is 4.99 Å². The molecule has 0 aliphatic carbocycles. The Balaban J connectivity index is 0.00000338. The number of nitrogens with zero attached hydrogens (tertiary/aromatic N) is 2. The summed E-state index contributed by atoms with van der Waals surface area (Å²) in [6, 6.07) is 9.12. The highest BCUT2D eigenvalue weighted by molar-refractivity contribution is 14.0. The Kier molecular flexibility index (Phi) is 11.9. The van der Waals surface area contributed by atoms with Gasteiger partial charge in [-0.05, 0) is 50.9 Å². The first-order valence-corrected chi connectivity index (χ1v) is 9.55. The first-order chi connectivity index (χ1) is 12.2. The maximum atomic E-state index is 5.17. The number of hydrogen-bond acceptors (Lipinski definition) is 3. The quantitative estimate of drug-likeness (QED) is 0.345. The van der Waals surface area contributed by atoms with E-state index in [-0.39, 0.29) is 30.0 Å². The van der Waals surface area contributed by atoms with E-state index in [1.165, 1.54) is 43.5 Å². The molecule has 5 nitrogen and oxygen atoms in total. The standard InChI is InChI=1S/C20H34N4O.HI/c1-4-21-20(23-17(2)16-25-3)22-14-18-8-10-19(11-9-18)15-24-12-6-5-7-13-24;/h8-11,17H,4-7,12-16H2,1-3H3,(H2,21,22,23);1H. The van der Waals surface area contributed by atoms with Crippen molar-refractivity contribution >= 4 is 29.9 Å². The van der Waals surface area contributed by atoms with E-state index in [1.54, 1.807) is 7.11 Å². The van der Waals surface area contributed by atoms with Crippen LogP contribution in [0.2, 0.25) is 0 Å². The molecule has 1 aliphatic heterocycles. The molecule has 0 amide bonds. The zero-order chi connectivity index (χ0) is 17.9. The molecule has 1 fully saturated rings. The van der Waals surface area contributed by atoms with Gasteiger partial charge in [0.05, 0.1) is 13.2 Å². The van der Waals surface area contributed by atoms with E-state index < -0.39 is 0 Å². The highest BCUT2D eigenvalue weighted by Crippen LogP contribution is 2.14. The third kappa shape index (κ3) is 8.68. The highest BCUT2D eigenvalue weighted by Gasteiger charge is 2.10. The number of rotatable bonds is 8. The molecule has 2 rings (SSSR count). The topological polar surface area (TPSA) is 48.9 Å². The van der Waals surface area contributed by atoms with Gasteiger partial charge in [-0.3, -0.25) is 4.90 Å². The van der Waals surface area contributed by atoms with Crippen molar-refractivity contribution < 1.29 is 4.74 Å². The predicted molar refractivity (Wildman–Crippen MR) is 120 cm³/mol. The zero-order valence-corrected chi connectivity index (χ0v) is 18.8. The summed E-state index contributed by atoms with van der Waals surface area (Å²) in [4.78, 5) is 7.24.